The molecular weight excluding hydrogens is 702 g/mol. The lowest BCUT2D eigenvalue weighted by Gasteiger charge is -2.05. The van der Waals surface area contributed by atoms with E-state index in [1.807, 2.05) is 69.3 Å². The third-order valence-corrected chi connectivity index (χ3v) is 7.19. The summed E-state index contributed by atoms with van der Waals surface area (Å²) in [6.07, 6.45) is -4.35. The maximum atomic E-state index is 12.5. The molecule has 272 valence electrons. The molecule has 0 bridgehead atoms. The average Bonchev–Trinajstić information content (AvgIpc) is 3.16. The van der Waals surface area contributed by atoms with E-state index in [9.17, 15) is 28.1 Å². The number of hydrogen-bond donors (Lipinski definition) is 0. The van der Waals surface area contributed by atoms with Crippen LogP contribution in [0, 0.1) is 66.4 Å². The highest BCUT2D eigenvalue weighted by molar-refractivity contribution is 5.94. The number of alkyl halides is 3. The second-order valence-electron chi connectivity index (χ2n) is 11.8. The average molecular weight is 735 g/mol. The number of carbonyl (C=O) groups is 1. The molecule has 0 radical (unpaired) electrons. The Labute approximate surface area is 317 Å². The monoisotopic (exact) mass is 734 g/mol. The molecule has 0 saturated carbocycles. The number of nitro benzene ring substituents is 1. The molecule has 0 atom stereocenters. The number of ketones is 1. The molecule has 6 aromatic rings. The van der Waals surface area contributed by atoms with Gasteiger partial charge in [0.1, 0.15) is 17.1 Å². The fourth-order valence-corrected chi connectivity index (χ4v) is 4.53. The molecule has 3 aromatic carbocycles. The number of rotatable bonds is 2. The van der Waals surface area contributed by atoms with Crippen molar-refractivity contribution < 1.29 is 22.9 Å². The molecule has 0 amide bonds. The van der Waals surface area contributed by atoms with E-state index >= 15 is 0 Å². The highest BCUT2D eigenvalue weighted by Crippen LogP contribution is 2.29. The zero-order chi connectivity index (χ0) is 39.8. The van der Waals surface area contributed by atoms with Crippen LogP contribution >= 0.6 is 0 Å². The fraction of sp³-hybridized carbons (Fsp3) is 0.111. The van der Waals surface area contributed by atoms with Gasteiger partial charge in [-0.2, -0.15) is 13.2 Å². The summed E-state index contributed by atoms with van der Waals surface area (Å²) < 4.78 is 37.6. The summed E-state index contributed by atoms with van der Waals surface area (Å²) in [6.45, 7) is 7.20. The van der Waals surface area contributed by atoms with Gasteiger partial charge in [-0.25, -0.2) is 15.0 Å². The van der Waals surface area contributed by atoms with Gasteiger partial charge >= 0.3 is 6.18 Å². The van der Waals surface area contributed by atoms with E-state index in [4.69, 9.17) is 0 Å². The molecule has 55 heavy (non-hydrogen) atoms. The van der Waals surface area contributed by atoms with Crippen LogP contribution in [0.2, 0.25) is 0 Å². The first kappa shape index (κ1) is 40.4. The standard InChI is InChI=1S/C16H13NO.C15H10F3N.C14H10N2O2/c1-12-5-3-8-16(17-12)10-9-14-6-4-7-15(11-14)13(2)18;1-11-4-2-7-14(19-11)9-8-12-5-3-6-13(10-12)15(16,17)18;1-11-4-2-6-13(15-11)9-8-12-5-3-7-14(10-12)16(17)18/h3-8,11H,1-2H3;2-7,10H,1H3;2-7,10H,1H3. The summed E-state index contributed by atoms with van der Waals surface area (Å²) in [7, 11) is 0. The quantitative estimate of drug-likeness (QED) is 0.0761. The molecular formula is C45H33F3N4O3. The Kier molecular flexibility index (Phi) is 14.3. The lowest BCUT2D eigenvalue weighted by Crippen LogP contribution is -2.04. The van der Waals surface area contributed by atoms with Gasteiger partial charge in [-0.15, -0.1) is 0 Å². The third kappa shape index (κ3) is 14.0. The van der Waals surface area contributed by atoms with Crippen molar-refractivity contribution in [2.24, 2.45) is 0 Å². The van der Waals surface area contributed by atoms with Crippen LogP contribution < -0.4 is 0 Å². The van der Waals surface area contributed by atoms with E-state index in [1.54, 1.807) is 49.4 Å². The molecule has 3 aromatic heterocycles. The number of Topliss-reactive ketones (excluding diaryl/α,β-unsaturated/α-hetero) is 1. The maximum Gasteiger partial charge on any atom is 0.416 e. The molecule has 0 aliphatic rings. The van der Waals surface area contributed by atoms with Crippen molar-refractivity contribution in [3.8, 4) is 35.5 Å². The third-order valence-electron chi connectivity index (χ3n) is 7.19. The highest BCUT2D eigenvalue weighted by Gasteiger charge is 2.30. The molecule has 10 heteroatoms. The van der Waals surface area contributed by atoms with Crippen molar-refractivity contribution in [2.45, 2.75) is 33.9 Å². The van der Waals surface area contributed by atoms with Gasteiger partial charge in [0, 0.05) is 51.5 Å². The van der Waals surface area contributed by atoms with Gasteiger partial charge in [0.25, 0.3) is 5.69 Å². The second kappa shape index (κ2) is 19.5. The Bertz CT molecular complexity index is 2400. The molecule has 0 aliphatic carbocycles. The minimum Gasteiger partial charge on any atom is -0.295 e. The zero-order valence-electron chi connectivity index (χ0n) is 30.3. The zero-order valence-corrected chi connectivity index (χ0v) is 30.3. The number of carbonyl (C=O) groups excluding carboxylic acids is 1. The molecule has 0 N–H and O–H groups in total. The SMILES string of the molecule is CC(=O)c1cccc(C#Cc2cccc(C)n2)c1.Cc1cccc(C#Cc2cccc(C(F)(F)F)c2)n1.Cc1cccc(C#Cc2cccc([N+](=O)[O-])c2)n1. The number of aromatic nitrogens is 3. The number of nitro groups is 1. The lowest BCUT2D eigenvalue weighted by molar-refractivity contribution is -0.384. The molecule has 6 rings (SSSR count). The predicted molar refractivity (Wildman–Crippen MR) is 206 cm³/mol. The van der Waals surface area contributed by atoms with Crippen molar-refractivity contribution in [1.29, 1.82) is 0 Å². The number of benzene rings is 3. The van der Waals surface area contributed by atoms with Gasteiger partial charge in [-0.3, -0.25) is 14.9 Å². The number of non-ortho nitro benzene ring substituents is 1. The van der Waals surface area contributed by atoms with Gasteiger partial charge in [0.05, 0.1) is 10.5 Å². The largest absolute Gasteiger partial charge is 0.416 e. The summed E-state index contributed by atoms with van der Waals surface area (Å²) in [5.41, 5.74) is 6.35. The van der Waals surface area contributed by atoms with Gasteiger partial charge in [0.15, 0.2) is 5.78 Å². The molecule has 0 aliphatic heterocycles. The Morgan fingerprint density at radius 2 is 0.964 bits per heavy atom. The van der Waals surface area contributed by atoms with Crippen molar-refractivity contribution >= 4 is 11.5 Å². The van der Waals surface area contributed by atoms with E-state index in [-0.39, 0.29) is 11.5 Å². The van der Waals surface area contributed by atoms with Crippen molar-refractivity contribution in [3.05, 3.63) is 199 Å². The normalized spacial score (nSPS) is 9.87. The summed E-state index contributed by atoms with van der Waals surface area (Å²) >= 11 is 0. The topological polar surface area (TPSA) is 98.9 Å². The highest BCUT2D eigenvalue weighted by atomic mass is 19.4. The van der Waals surface area contributed by atoms with E-state index in [0.29, 0.717) is 28.1 Å². The fourth-order valence-electron chi connectivity index (χ4n) is 4.53. The molecule has 0 fully saturated rings. The Hall–Kier alpha value is -7.35. The molecule has 0 unspecified atom stereocenters. The summed E-state index contributed by atoms with van der Waals surface area (Å²) in [5.74, 6) is 17.3. The van der Waals surface area contributed by atoms with Crippen molar-refractivity contribution in [3.63, 3.8) is 0 Å². The first-order valence-corrected chi connectivity index (χ1v) is 16.6. The van der Waals surface area contributed by atoms with E-state index in [0.717, 1.165) is 40.5 Å². The predicted octanol–water partition coefficient (Wildman–Crippen LogP) is 9.50. The van der Waals surface area contributed by atoms with Gasteiger partial charge in [-0.1, -0.05) is 60.2 Å². The number of hydrogen-bond acceptors (Lipinski definition) is 6. The van der Waals surface area contributed by atoms with Crippen LogP contribution in [0.15, 0.2) is 127 Å². The summed E-state index contributed by atoms with van der Waals surface area (Å²) in [5, 5.41) is 10.6. The van der Waals surface area contributed by atoms with E-state index in [2.05, 4.69) is 50.5 Å². The summed E-state index contributed by atoms with van der Waals surface area (Å²) in [6, 6.07) is 35.1. The lowest BCUT2D eigenvalue weighted by atomic mass is 10.1. The smallest absolute Gasteiger partial charge is 0.295 e. The van der Waals surface area contributed by atoms with Crippen LogP contribution in [0.3, 0.4) is 0 Å². The minimum atomic E-state index is -4.35. The Morgan fingerprint density at radius 1 is 0.564 bits per heavy atom. The van der Waals surface area contributed by atoms with E-state index < -0.39 is 16.7 Å². The molecule has 0 spiro atoms. The number of nitrogens with zero attached hydrogens (tertiary/aromatic N) is 4. The Balaban J connectivity index is 0.000000184. The molecule has 3 heterocycles. The summed E-state index contributed by atoms with van der Waals surface area (Å²) in [4.78, 5) is 34.1. The second-order valence-corrected chi connectivity index (χ2v) is 11.8. The number of halogens is 3. The molecule has 0 saturated heterocycles. The van der Waals surface area contributed by atoms with Crippen LogP contribution in [-0.2, 0) is 6.18 Å². The van der Waals surface area contributed by atoms with E-state index in [1.165, 1.54) is 24.3 Å². The first-order valence-electron chi connectivity index (χ1n) is 16.6. The van der Waals surface area contributed by atoms with Crippen molar-refractivity contribution in [2.75, 3.05) is 0 Å². The maximum absolute atomic E-state index is 12.5. The number of pyridine rings is 3. The van der Waals surface area contributed by atoms with Gasteiger partial charge < -0.3 is 0 Å². The first-order chi connectivity index (χ1) is 26.2. The van der Waals surface area contributed by atoms with Crippen LogP contribution in [0.5, 0.6) is 0 Å². The molecule has 7 nitrogen and oxygen atoms in total. The van der Waals surface area contributed by atoms with Crippen molar-refractivity contribution in [1.82, 2.24) is 15.0 Å². The van der Waals surface area contributed by atoms with Crippen LogP contribution in [0.1, 0.15) is 73.7 Å². The number of aryl methyl sites for hydroxylation is 3. The van der Waals surface area contributed by atoms with Crippen LogP contribution in [0.25, 0.3) is 0 Å². The van der Waals surface area contributed by atoms with Gasteiger partial charge in [0.2, 0.25) is 0 Å². The van der Waals surface area contributed by atoms with Crippen LogP contribution in [0.4, 0.5) is 18.9 Å². The minimum absolute atomic E-state index is 0.0407. The Morgan fingerprint density at radius 3 is 1.38 bits per heavy atom. The van der Waals surface area contributed by atoms with Crippen LogP contribution in [-0.4, -0.2) is 25.7 Å². The van der Waals surface area contributed by atoms with Gasteiger partial charge in [-0.05, 0) is 118 Å².